The van der Waals surface area contributed by atoms with Gasteiger partial charge in [0.25, 0.3) is 0 Å². The van der Waals surface area contributed by atoms with Gasteiger partial charge in [0.15, 0.2) is 0 Å². The summed E-state index contributed by atoms with van der Waals surface area (Å²) in [4.78, 5) is 1.11. The van der Waals surface area contributed by atoms with Crippen LogP contribution in [0.3, 0.4) is 0 Å². The summed E-state index contributed by atoms with van der Waals surface area (Å²) in [7, 11) is 3.50. The van der Waals surface area contributed by atoms with Crippen molar-refractivity contribution in [1.82, 2.24) is 5.32 Å². The van der Waals surface area contributed by atoms with E-state index >= 15 is 0 Å². The van der Waals surface area contributed by atoms with E-state index in [4.69, 9.17) is 16.3 Å². The van der Waals surface area contributed by atoms with E-state index in [1.807, 2.05) is 18.5 Å². The number of thiophene rings is 1. The zero-order chi connectivity index (χ0) is 13.8. The van der Waals surface area contributed by atoms with Gasteiger partial charge in [-0.2, -0.15) is 0 Å². The van der Waals surface area contributed by atoms with Gasteiger partial charge >= 0.3 is 0 Å². The number of methoxy groups -OCH3 is 1. The predicted molar refractivity (Wildman–Crippen MR) is 77.8 cm³/mol. The molecule has 0 saturated carbocycles. The molecular weight excluding hydrogens is 285 g/mol. The normalized spacial score (nSPS) is 12.4. The Hall–Kier alpha value is -1.10. The van der Waals surface area contributed by atoms with Crippen LogP contribution in [0.5, 0.6) is 5.75 Å². The maximum Gasteiger partial charge on any atom is 0.145 e. The Morgan fingerprint density at radius 3 is 2.89 bits per heavy atom. The highest BCUT2D eigenvalue weighted by Crippen LogP contribution is 2.30. The monoisotopic (exact) mass is 299 g/mol. The second kappa shape index (κ2) is 6.37. The molecule has 0 fully saturated rings. The maximum atomic E-state index is 13.9. The highest BCUT2D eigenvalue weighted by Gasteiger charge is 2.16. The molecule has 1 atom stereocenters. The topological polar surface area (TPSA) is 21.3 Å². The van der Waals surface area contributed by atoms with Gasteiger partial charge in [-0.05, 0) is 31.2 Å². The first-order chi connectivity index (χ1) is 9.15. The van der Waals surface area contributed by atoms with Crippen molar-refractivity contribution in [2.75, 3.05) is 14.2 Å². The van der Waals surface area contributed by atoms with E-state index in [0.29, 0.717) is 12.0 Å². The van der Waals surface area contributed by atoms with Crippen molar-refractivity contribution in [3.05, 3.63) is 50.9 Å². The van der Waals surface area contributed by atoms with Gasteiger partial charge < -0.3 is 10.1 Å². The Morgan fingerprint density at radius 1 is 1.47 bits per heavy atom. The molecule has 1 N–H and O–H groups in total. The quantitative estimate of drug-likeness (QED) is 0.899. The summed E-state index contributed by atoms with van der Waals surface area (Å²) in [6.45, 7) is 0. The third-order valence-corrected chi connectivity index (χ3v) is 4.30. The lowest BCUT2D eigenvalue weighted by Crippen LogP contribution is -2.18. The van der Waals surface area contributed by atoms with Crippen molar-refractivity contribution in [3.63, 3.8) is 0 Å². The van der Waals surface area contributed by atoms with Crippen LogP contribution in [0.2, 0.25) is 5.02 Å². The van der Waals surface area contributed by atoms with Crippen molar-refractivity contribution in [2.24, 2.45) is 0 Å². The molecule has 0 bridgehead atoms. The lowest BCUT2D eigenvalue weighted by Gasteiger charge is -2.15. The molecular formula is C14H15ClFNOS. The summed E-state index contributed by atoms with van der Waals surface area (Å²) in [5, 5.41) is 5.30. The second-order valence-electron chi connectivity index (χ2n) is 4.15. The highest BCUT2D eigenvalue weighted by atomic mass is 35.5. The summed E-state index contributed by atoms with van der Waals surface area (Å²) in [6, 6.07) is 7.10. The third kappa shape index (κ3) is 3.26. The number of hydrogen-bond acceptors (Lipinski definition) is 3. The van der Waals surface area contributed by atoms with E-state index in [2.05, 4.69) is 5.32 Å². The van der Waals surface area contributed by atoms with Crippen molar-refractivity contribution in [3.8, 4) is 5.75 Å². The van der Waals surface area contributed by atoms with Crippen LogP contribution >= 0.6 is 22.9 Å². The maximum absolute atomic E-state index is 13.9. The van der Waals surface area contributed by atoms with E-state index in [1.54, 1.807) is 36.6 Å². The van der Waals surface area contributed by atoms with Gasteiger partial charge in [0.05, 0.1) is 12.1 Å². The van der Waals surface area contributed by atoms with Gasteiger partial charge in [0.1, 0.15) is 11.6 Å². The van der Waals surface area contributed by atoms with Crippen molar-refractivity contribution >= 4 is 22.9 Å². The minimum Gasteiger partial charge on any atom is -0.496 e. The molecule has 0 radical (unpaired) electrons. The van der Waals surface area contributed by atoms with Crippen LogP contribution in [0.4, 0.5) is 4.39 Å². The van der Waals surface area contributed by atoms with Crippen LogP contribution in [-0.4, -0.2) is 14.2 Å². The standard InChI is InChI=1S/C14H15ClFNOS/c1-17-12(13-7-10(18-2)8-19-13)6-9-4-3-5-11(15)14(9)16/h3-5,7-8,12,17H,6H2,1-2H3. The molecule has 0 aliphatic rings. The van der Waals surface area contributed by atoms with Gasteiger partial charge in [-0.3, -0.25) is 0 Å². The van der Waals surface area contributed by atoms with E-state index in [-0.39, 0.29) is 16.9 Å². The molecule has 1 unspecified atom stereocenters. The molecule has 19 heavy (non-hydrogen) atoms. The Kier molecular flexibility index (Phi) is 4.80. The first-order valence-electron chi connectivity index (χ1n) is 5.88. The molecule has 2 rings (SSSR count). The Morgan fingerprint density at radius 2 is 2.26 bits per heavy atom. The molecule has 2 nitrogen and oxygen atoms in total. The van der Waals surface area contributed by atoms with Crippen LogP contribution < -0.4 is 10.1 Å². The number of benzene rings is 1. The largest absolute Gasteiger partial charge is 0.496 e. The molecule has 1 aromatic carbocycles. The number of rotatable bonds is 5. The third-order valence-electron chi connectivity index (χ3n) is 2.98. The molecule has 0 amide bonds. The van der Waals surface area contributed by atoms with Gasteiger partial charge in [-0.25, -0.2) is 4.39 Å². The van der Waals surface area contributed by atoms with Crippen molar-refractivity contribution < 1.29 is 9.13 Å². The minimum atomic E-state index is -0.340. The number of likely N-dealkylation sites (N-methyl/N-ethyl adjacent to an activating group) is 1. The van der Waals surface area contributed by atoms with Crippen molar-refractivity contribution in [2.45, 2.75) is 12.5 Å². The van der Waals surface area contributed by atoms with Crippen LogP contribution in [-0.2, 0) is 6.42 Å². The Labute approximate surface area is 121 Å². The summed E-state index contributed by atoms with van der Waals surface area (Å²) in [6.07, 6.45) is 0.548. The summed E-state index contributed by atoms with van der Waals surface area (Å²) < 4.78 is 19.1. The first kappa shape index (κ1) is 14.3. The lowest BCUT2D eigenvalue weighted by atomic mass is 10.0. The molecule has 102 valence electrons. The van der Waals surface area contributed by atoms with E-state index in [9.17, 15) is 4.39 Å². The van der Waals surface area contributed by atoms with Crippen LogP contribution in [0.15, 0.2) is 29.6 Å². The number of ether oxygens (including phenoxy) is 1. The zero-order valence-corrected chi connectivity index (χ0v) is 12.3. The molecule has 5 heteroatoms. The van der Waals surface area contributed by atoms with E-state index in [1.165, 1.54) is 0 Å². The molecule has 0 aliphatic heterocycles. The molecule has 1 heterocycles. The Balaban J connectivity index is 2.21. The first-order valence-corrected chi connectivity index (χ1v) is 7.14. The fourth-order valence-electron chi connectivity index (χ4n) is 1.90. The van der Waals surface area contributed by atoms with Crippen LogP contribution in [0.25, 0.3) is 0 Å². The van der Waals surface area contributed by atoms with Crippen molar-refractivity contribution in [1.29, 1.82) is 0 Å². The van der Waals surface area contributed by atoms with E-state index in [0.717, 1.165) is 10.6 Å². The number of halogens is 2. The van der Waals surface area contributed by atoms with Gasteiger partial charge in [0, 0.05) is 16.3 Å². The summed E-state index contributed by atoms with van der Waals surface area (Å²) in [5.41, 5.74) is 0.610. The van der Waals surface area contributed by atoms with Gasteiger partial charge in [-0.15, -0.1) is 11.3 Å². The molecule has 0 aliphatic carbocycles. The SMILES string of the molecule is CNC(Cc1cccc(Cl)c1F)c1cc(OC)cs1. The van der Waals surface area contributed by atoms with Crippen LogP contribution in [0, 0.1) is 5.82 Å². The van der Waals surface area contributed by atoms with Crippen LogP contribution in [0.1, 0.15) is 16.5 Å². The molecule has 1 aromatic heterocycles. The highest BCUT2D eigenvalue weighted by molar-refractivity contribution is 7.10. The van der Waals surface area contributed by atoms with Gasteiger partial charge in [-0.1, -0.05) is 23.7 Å². The molecule has 2 aromatic rings. The second-order valence-corrected chi connectivity index (χ2v) is 5.50. The van der Waals surface area contributed by atoms with Gasteiger partial charge in [0.2, 0.25) is 0 Å². The predicted octanol–water partition coefficient (Wildman–Crippen LogP) is 4.05. The average molecular weight is 300 g/mol. The lowest BCUT2D eigenvalue weighted by molar-refractivity contribution is 0.416. The summed E-state index contributed by atoms with van der Waals surface area (Å²) in [5.74, 6) is 0.486. The number of hydrogen-bond donors (Lipinski definition) is 1. The fraction of sp³-hybridized carbons (Fsp3) is 0.286. The minimum absolute atomic E-state index is 0.0434. The van der Waals surface area contributed by atoms with E-state index < -0.39 is 0 Å². The Bertz CT molecular complexity index is 558. The molecule has 0 saturated heterocycles. The summed E-state index contributed by atoms with van der Waals surface area (Å²) >= 11 is 7.39. The fourth-order valence-corrected chi connectivity index (χ4v) is 3.06. The molecule has 0 spiro atoms. The zero-order valence-electron chi connectivity index (χ0n) is 10.7. The number of nitrogens with one attached hydrogen (secondary N) is 1. The average Bonchev–Trinajstić information content (AvgIpc) is 2.89. The smallest absolute Gasteiger partial charge is 0.145 e.